The molecule has 3 rings (SSSR count). The number of carbonyl (C=O) groups is 1. The maximum absolute atomic E-state index is 12.4. The fraction of sp³-hybridized carbons (Fsp3) is 0.190. The zero-order valence-corrected chi connectivity index (χ0v) is 18.1. The summed E-state index contributed by atoms with van der Waals surface area (Å²) in [6.07, 6.45) is 1.78. The van der Waals surface area contributed by atoms with Crippen LogP contribution >= 0.6 is 35.0 Å². The highest BCUT2D eigenvalue weighted by molar-refractivity contribution is 7.99. The summed E-state index contributed by atoms with van der Waals surface area (Å²) in [6.45, 7) is 6.24. The second-order valence-electron chi connectivity index (χ2n) is 6.32. The Morgan fingerprint density at radius 1 is 1.24 bits per heavy atom. The number of hydrogen-bond donors (Lipinski definition) is 1. The molecule has 1 aromatic heterocycles. The zero-order chi connectivity index (χ0) is 20.8. The van der Waals surface area contributed by atoms with Gasteiger partial charge in [-0.1, -0.05) is 77.4 Å². The van der Waals surface area contributed by atoms with Crippen molar-refractivity contribution in [1.82, 2.24) is 20.1 Å². The predicted molar refractivity (Wildman–Crippen MR) is 119 cm³/mol. The molecule has 1 atom stereocenters. The van der Waals surface area contributed by atoms with E-state index in [2.05, 4.69) is 22.1 Å². The van der Waals surface area contributed by atoms with Crippen LogP contribution in [0.15, 0.2) is 66.3 Å². The maximum atomic E-state index is 12.4. The number of nitrogens with zero attached hydrogens (tertiary/aromatic N) is 3. The van der Waals surface area contributed by atoms with E-state index in [0.29, 0.717) is 21.7 Å². The molecule has 0 aliphatic heterocycles. The van der Waals surface area contributed by atoms with Crippen molar-refractivity contribution in [3.8, 4) is 11.4 Å². The Bertz CT molecular complexity index is 1010. The molecular weight excluding hydrogens is 427 g/mol. The molecule has 150 valence electrons. The number of benzene rings is 2. The minimum Gasteiger partial charge on any atom is -0.349 e. The first-order chi connectivity index (χ1) is 14.0. The lowest BCUT2D eigenvalue weighted by atomic mass is 10.1. The zero-order valence-electron chi connectivity index (χ0n) is 15.8. The Balaban J connectivity index is 1.67. The average Bonchev–Trinajstić information content (AvgIpc) is 3.10. The fourth-order valence-corrected chi connectivity index (χ4v) is 4.16. The Labute approximate surface area is 184 Å². The van der Waals surface area contributed by atoms with Gasteiger partial charge in [-0.05, 0) is 24.6 Å². The maximum Gasteiger partial charge on any atom is 0.230 e. The van der Waals surface area contributed by atoms with Gasteiger partial charge in [-0.25, -0.2) is 0 Å². The first-order valence-corrected chi connectivity index (χ1v) is 10.7. The quantitative estimate of drug-likeness (QED) is 0.371. The molecule has 2 aromatic carbocycles. The topological polar surface area (TPSA) is 59.8 Å². The largest absolute Gasteiger partial charge is 0.349 e. The second kappa shape index (κ2) is 9.96. The molecule has 1 N–H and O–H groups in total. The van der Waals surface area contributed by atoms with Crippen molar-refractivity contribution in [3.05, 3.63) is 76.8 Å². The summed E-state index contributed by atoms with van der Waals surface area (Å²) < 4.78 is 1.94. The summed E-state index contributed by atoms with van der Waals surface area (Å²) in [6, 6.07) is 14.8. The van der Waals surface area contributed by atoms with Crippen molar-refractivity contribution in [2.45, 2.75) is 24.7 Å². The van der Waals surface area contributed by atoms with E-state index >= 15 is 0 Å². The molecule has 3 aromatic rings. The van der Waals surface area contributed by atoms with Crippen molar-refractivity contribution >= 4 is 40.9 Å². The Morgan fingerprint density at radius 3 is 2.69 bits per heavy atom. The van der Waals surface area contributed by atoms with Crippen molar-refractivity contribution in [2.75, 3.05) is 5.75 Å². The lowest BCUT2D eigenvalue weighted by molar-refractivity contribution is -0.119. The first-order valence-electron chi connectivity index (χ1n) is 8.96. The number of halogens is 2. The Kier molecular flexibility index (Phi) is 7.36. The third-order valence-corrected chi connectivity index (χ3v) is 5.73. The third-order valence-electron chi connectivity index (χ3n) is 4.20. The number of aromatic nitrogens is 3. The summed E-state index contributed by atoms with van der Waals surface area (Å²) in [5.74, 6) is 0.831. The van der Waals surface area contributed by atoms with E-state index in [0.717, 1.165) is 17.0 Å². The number of nitrogens with one attached hydrogen (secondary N) is 1. The number of thioether (sulfide) groups is 1. The van der Waals surface area contributed by atoms with Gasteiger partial charge in [0.05, 0.1) is 11.8 Å². The minimum absolute atomic E-state index is 0.122. The van der Waals surface area contributed by atoms with Gasteiger partial charge >= 0.3 is 0 Å². The molecule has 0 radical (unpaired) electrons. The van der Waals surface area contributed by atoms with Crippen LogP contribution in [-0.2, 0) is 11.3 Å². The van der Waals surface area contributed by atoms with Crippen LogP contribution in [-0.4, -0.2) is 26.4 Å². The highest BCUT2D eigenvalue weighted by Crippen LogP contribution is 2.27. The van der Waals surface area contributed by atoms with Crippen LogP contribution in [0.3, 0.4) is 0 Å². The highest BCUT2D eigenvalue weighted by atomic mass is 35.5. The molecule has 0 fully saturated rings. The third kappa shape index (κ3) is 5.41. The average molecular weight is 447 g/mol. The Hall–Kier alpha value is -2.28. The minimum atomic E-state index is -0.237. The number of rotatable bonds is 8. The van der Waals surface area contributed by atoms with E-state index in [1.165, 1.54) is 11.8 Å². The van der Waals surface area contributed by atoms with Crippen LogP contribution in [0.5, 0.6) is 0 Å². The lowest BCUT2D eigenvalue weighted by Crippen LogP contribution is -2.28. The van der Waals surface area contributed by atoms with Gasteiger partial charge in [0, 0.05) is 22.2 Å². The van der Waals surface area contributed by atoms with E-state index < -0.39 is 0 Å². The molecule has 0 aliphatic rings. The van der Waals surface area contributed by atoms with Gasteiger partial charge in [0.1, 0.15) is 0 Å². The van der Waals surface area contributed by atoms with Gasteiger partial charge in [0.25, 0.3) is 0 Å². The van der Waals surface area contributed by atoms with Gasteiger partial charge in [-0.2, -0.15) is 0 Å². The van der Waals surface area contributed by atoms with Crippen LogP contribution < -0.4 is 5.32 Å². The lowest BCUT2D eigenvalue weighted by Gasteiger charge is -2.16. The van der Waals surface area contributed by atoms with Crippen molar-refractivity contribution in [2.24, 2.45) is 0 Å². The standard InChI is InChI=1S/C21H20Cl2N4OS/c1-3-11-27-20(15-7-5-4-6-8-15)25-26-21(27)29-13-19(28)24-14(2)17-10-9-16(22)12-18(17)23/h3-10,12,14H,1,11,13H2,2H3,(H,24,28). The molecule has 0 bridgehead atoms. The van der Waals surface area contributed by atoms with E-state index in [1.807, 2.05) is 47.9 Å². The molecule has 8 heteroatoms. The SMILES string of the molecule is C=CCn1c(SCC(=O)NC(C)c2ccc(Cl)cc2Cl)nnc1-c1ccccc1. The molecule has 0 saturated heterocycles. The summed E-state index contributed by atoms with van der Waals surface area (Å²) in [5, 5.41) is 13.2. The van der Waals surface area contributed by atoms with E-state index in [9.17, 15) is 4.79 Å². The van der Waals surface area contributed by atoms with Gasteiger partial charge in [-0.15, -0.1) is 16.8 Å². The molecule has 1 unspecified atom stereocenters. The monoisotopic (exact) mass is 446 g/mol. The molecule has 0 aliphatic carbocycles. The summed E-state index contributed by atoms with van der Waals surface area (Å²) >= 11 is 13.5. The number of allylic oxidation sites excluding steroid dienone is 1. The molecule has 1 amide bonds. The number of amides is 1. The van der Waals surface area contributed by atoms with Crippen LogP contribution in [0.25, 0.3) is 11.4 Å². The van der Waals surface area contributed by atoms with Gasteiger partial charge in [0.2, 0.25) is 5.91 Å². The van der Waals surface area contributed by atoms with E-state index in [4.69, 9.17) is 23.2 Å². The van der Waals surface area contributed by atoms with E-state index in [1.54, 1.807) is 18.2 Å². The van der Waals surface area contributed by atoms with Crippen molar-refractivity contribution in [1.29, 1.82) is 0 Å². The Morgan fingerprint density at radius 2 is 2.00 bits per heavy atom. The molecule has 1 heterocycles. The molecule has 0 saturated carbocycles. The summed E-state index contributed by atoms with van der Waals surface area (Å²) in [7, 11) is 0. The normalized spacial score (nSPS) is 11.8. The smallest absolute Gasteiger partial charge is 0.230 e. The fourth-order valence-electron chi connectivity index (χ4n) is 2.83. The molecule has 5 nitrogen and oxygen atoms in total. The first kappa shape index (κ1) is 21.4. The predicted octanol–water partition coefficient (Wildman–Crippen LogP) is 5.41. The summed E-state index contributed by atoms with van der Waals surface area (Å²) in [5.41, 5.74) is 1.78. The van der Waals surface area contributed by atoms with Gasteiger partial charge in [0.15, 0.2) is 11.0 Å². The van der Waals surface area contributed by atoms with Crippen molar-refractivity contribution < 1.29 is 4.79 Å². The summed E-state index contributed by atoms with van der Waals surface area (Å²) in [4.78, 5) is 12.4. The molecule has 29 heavy (non-hydrogen) atoms. The van der Waals surface area contributed by atoms with Crippen LogP contribution in [0.1, 0.15) is 18.5 Å². The van der Waals surface area contributed by atoms with Gasteiger partial charge in [-0.3, -0.25) is 9.36 Å². The van der Waals surface area contributed by atoms with Gasteiger partial charge < -0.3 is 5.32 Å². The molecular formula is C21H20Cl2N4OS. The highest BCUT2D eigenvalue weighted by Gasteiger charge is 2.17. The van der Waals surface area contributed by atoms with Crippen LogP contribution in [0.4, 0.5) is 0 Å². The molecule has 0 spiro atoms. The van der Waals surface area contributed by atoms with Crippen LogP contribution in [0, 0.1) is 0 Å². The van der Waals surface area contributed by atoms with Crippen LogP contribution in [0.2, 0.25) is 10.0 Å². The second-order valence-corrected chi connectivity index (χ2v) is 8.10. The number of hydrogen-bond acceptors (Lipinski definition) is 4. The number of carbonyl (C=O) groups excluding carboxylic acids is 1. The van der Waals surface area contributed by atoms with E-state index in [-0.39, 0.29) is 17.7 Å². The van der Waals surface area contributed by atoms with Crippen molar-refractivity contribution in [3.63, 3.8) is 0 Å².